The van der Waals surface area contributed by atoms with E-state index in [4.69, 9.17) is 9.26 Å². The van der Waals surface area contributed by atoms with Crippen LogP contribution in [0.25, 0.3) is 0 Å². The van der Waals surface area contributed by atoms with Gasteiger partial charge in [-0.25, -0.2) is 4.98 Å². The predicted molar refractivity (Wildman–Crippen MR) is 75.5 cm³/mol. The Morgan fingerprint density at radius 2 is 2.19 bits per heavy atom. The van der Waals surface area contributed by atoms with Crippen molar-refractivity contribution in [3.63, 3.8) is 0 Å². The fourth-order valence-electron chi connectivity index (χ4n) is 2.86. The van der Waals surface area contributed by atoms with Crippen molar-refractivity contribution in [1.29, 1.82) is 0 Å². The first-order valence-electron chi connectivity index (χ1n) is 7.26. The monoisotopic (exact) mass is 291 g/mol. The van der Waals surface area contributed by atoms with E-state index in [1.165, 1.54) is 5.82 Å². The van der Waals surface area contributed by atoms with Crippen LogP contribution in [0.15, 0.2) is 16.9 Å². The molecular formula is C14H21N5O2. The van der Waals surface area contributed by atoms with Gasteiger partial charge in [0.2, 0.25) is 0 Å². The second kappa shape index (κ2) is 6.36. The number of aromatic nitrogens is 4. The number of hydrogen-bond donors (Lipinski definition) is 0. The highest BCUT2D eigenvalue weighted by molar-refractivity contribution is 5.02. The van der Waals surface area contributed by atoms with Crippen molar-refractivity contribution < 1.29 is 9.26 Å². The minimum atomic E-state index is 0.369. The Balaban J connectivity index is 1.52. The number of methoxy groups -OCH3 is 1. The Hall–Kier alpha value is -1.73. The zero-order valence-corrected chi connectivity index (χ0v) is 12.5. The van der Waals surface area contributed by atoms with Gasteiger partial charge in [0.15, 0.2) is 5.82 Å². The summed E-state index contributed by atoms with van der Waals surface area (Å²) in [6.07, 6.45) is 6.12. The highest BCUT2D eigenvalue weighted by atomic mass is 16.5. The summed E-state index contributed by atoms with van der Waals surface area (Å²) in [4.78, 5) is 11.1. The smallest absolute Gasteiger partial charge is 0.252 e. The Bertz CT molecular complexity index is 571. The van der Waals surface area contributed by atoms with Gasteiger partial charge in [0.05, 0.1) is 6.54 Å². The lowest BCUT2D eigenvalue weighted by Crippen LogP contribution is -2.33. The third-order valence-electron chi connectivity index (χ3n) is 3.95. The Morgan fingerprint density at radius 3 is 2.86 bits per heavy atom. The largest absolute Gasteiger partial charge is 0.375 e. The summed E-state index contributed by atoms with van der Waals surface area (Å²) in [6.45, 7) is 3.17. The number of likely N-dealkylation sites (tertiary alicyclic amines) is 1. The van der Waals surface area contributed by atoms with Gasteiger partial charge in [0, 0.05) is 32.5 Å². The number of ether oxygens (including phenoxy) is 1. The fraction of sp³-hybridized carbons (Fsp3) is 0.643. The highest BCUT2D eigenvalue weighted by Gasteiger charge is 2.24. The third-order valence-corrected chi connectivity index (χ3v) is 3.95. The summed E-state index contributed by atoms with van der Waals surface area (Å²) in [5.41, 5.74) is 0. The fourth-order valence-corrected chi connectivity index (χ4v) is 2.86. The van der Waals surface area contributed by atoms with Crippen LogP contribution in [0, 0.1) is 0 Å². The van der Waals surface area contributed by atoms with Crippen molar-refractivity contribution in [2.24, 2.45) is 7.05 Å². The Morgan fingerprint density at radius 1 is 1.38 bits per heavy atom. The summed E-state index contributed by atoms with van der Waals surface area (Å²) in [5, 5.41) is 3.99. The van der Waals surface area contributed by atoms with Gasteiger partial charge >= 0.3 is 0 Å². The van der Waals surface area contributed by atoms with Crippen molar-refractivity contribution >= 4 is 0 Å². The van der Waals surface area contributed by atoms with Gasteiger partial charge in [0.25, 0.3) is 5.89 Å². The number of imidazole rings is 1. The predicted octanol–water partition coefficient (Wildman–Crippen LogP) is 1.33. The molecule has 114 valence electrons. The summed E-state index contributed by atoms with van der Waals surface area (Å²) >= 11 is 0. The van der Waals surface area contributed by atoms with Crippen molar-refractivity contribution in [1.82, 2.24) is 24.6 Å². The van der Waals surface area contributed by atoms with Crippen molar-refractivity contribution in [2.75, 3.05) is 20.2 Å². The Kier molecular flexibility index (Phi) is 4.31. The first-order chi connectivity index (χ1) is 10.3. The minimum absolute atomic E-state index is 0.369. The zero-order valence-electron chi connectivity index (χ0n) is 12.5. The normalized spacial score (nSPS) is 17.4. The summed E-state index contributed by atoms with van der Waals surface area (Å²) in [5.74, 6) is 3.01. The second-order valence-electron chi connectivity index (χ2n) is 5.48. The molecule has 2 aromatic rings. The maximum absolute atomic E-state index is 5.12. The standard InChI is InChI=1S/C14H21N5O2/c1-18-8-5-15-14(18)11-3-6-19(7-4-11)9-12-16-13(10-20-2)21-17-12/h5,8,11H,3-4,6-7,9-10H2,1-2H3. The second-order valence-corrected chi connectivity index (χ2v) is 5.48. The molecule has 0 radical (unpaired) electrons. The molecule has 0 aliphatic carbocycles. The van der Waals surface area contributed by atoms with E-state index < -0.39 is 0 Å². The quantitative estimate of drug-likeness (QED) is 0.828. The molecule has 0 spiro atoms. The zero-order chi connectivity index (χ0) is 14.7. The van der Waals surface area contributed by atoms with Crippen molar-refractivity contribution in [3.8, 4) is 0 Å². The average Bonchev–Trinajstić information content (AvgIpc) is 3.10. The van der Waals surface area contributed by atoms with Crippen LogP contribution >= 0.6 is 0 Å². The number of rotatable bonds is 5. The van der Waals surface area contributed by atoms with E-state index >= 15 is 0 Å². The van der Waals surface area contributed by atoms with Gasteiger partial charge in [-0.15, -0.1) is 0 Å². The van der Waals surface area contributed by atoms with E-state index in [0.717, 1.165) is 38.3 Å². The molecule has 0 bridgehead atoms. The SMILES string of the molecule is COCc1nc(CN2CCC(c3nccn3C)CC2)no1. The summed E-state index contributed by atoms with van der Waals surface area (Å²) in [6, 6.07) is 0. The molecule has 0 aromatic carbocycles. The maximum Gasteiger partial charge on any atom is 0.252 e. The van der Waals surface area contributed by atoms with Gasteiger partial charge in [-0.3, -0.25) is 4.90 Å². The molecule has 7 heteroatoms. The van der Waals surface area contributed by atoms with Gasteiger partial charge in [-0.1, -0.05) is 5.16 Å². The number of hydrogen-bond acceptors (Lipinski definition) is 6. The topological polar surface area (TPSA) is 69.2 Å². The number of piperidine rings is 1. The molecule has 1 saturated heterocycles. The molecule has 3 rings (SSSR count). The number of aryl methyl sites for hydroxylation is 1. The van der Waals surface area contributed by atoms with Crippen LogP contribution in [-0.2, 0) is 24.9 Å². The van der Waals surface area contributed by atoms with Crippen molar-refractivity contribution in [3.05, 3.63) is 29.9 Å². The molecule has 0 atom stereocenters. The lowest BCUT2D eigenvalue weighted by atomic mass is 9.96. The highest BCUT2D eigenvalue weighted by Crippen LogP contribution is 2.26. The Labute approximate surface area is 123 Å². The van der Waals surface area contributed by atoms with Crippen molar-refractivity contribution in [2.45, 2.75) is 31.9 Å². The van der Waals surface area contributed by atoms with Gasteiger partial charge < -0.3 is 13.8 Å². The van der Waals surface area contributed by atoms with E-state index in [9.17, 15) is 0 Å². The molecule has 1 aliphatic heterocycles. The minimum Gasteiger partial charge on any atom is -0.375 e. The maximum atomic E-state index is 5.12. The van der Waals surface area contributed by atoms with Gasteiger partial charge in [0.1, 0.15) is 12.4 Å². The van der Waals surface area contributed by atoms with E-state index in [1.807, 2.05) is 12.4 Å². The molecule has 7 nitrogen and oxygen atoms in total. The van der Waals surface area contributed by atoms with Crippen LogP contribution < -0.4 is 0 Å². The third kappa shape index (κ3) is 3.30. The summed E-state index contributed by atoms with van der Waals surface area (Å²) in [7, 11) is 3.68. The lowest BCUT2D eigenvalue weighted by molar-refractivity contribution is 0.151. The van der Waals surface area contributed by atoms with Crippen LogP contribution in [0.1, 0.15) is 36.3 Å². The summed E-state index contributed by atoms with van der Waals surface area (Å²) < 4.78 is 12.2. The molecule has 1 aliphatic rings. The van der Waals surface area contributed by atoms with Gasteiger partial charge in [-0.2, -0.15) is 4.98 Å². The molecule has 1 fully saturated rings. The molecule has 0 unspecified atom stereocenters. The molecule has 0 saturated carbocycles. The van der Waals surface area contributed by atoms with Crippen LogP contribution in [-0.4, -0.2) is 44.8 Å². The van der Waals surface area contributed by atoms with Gasteiger partial charge in [-0.05, 0) is 25.9 Å². The van der Waals surface area contributed by atoms with Crippen LogP contribution in [0.3, 0.4) is 0 Å². The van der Waals surface area contributed by atoms with E-state index in [2.05, 4.69) is 31.6 Å². The average molecular weight is 291 g/mol. The molecule has 0 amide bonds. The van der Waals surface area contributed by atoms with Crippen LogP contribution in [0.5, 0.6) is 0 Å². The lowest BCUT2D eigenvalue weighted by Gasteiger charge is -2.30. The molecule has 3 heterocycles. The molecule has 21 heavy (non-hydrogen) atoms. The van der Waals surface area contributed by atoms with E-state index in [0.29, 0.717) is 18.4 Å². The molecular weight excluding hydrogens is 270 g/mol. The van der Waals surface area contributed by atoms with E-state index in [-0.39, 0.29) is 0 Å². The molecule has 0 N–H and O–H groups in total. The first-order valence-corrected chi connectivity index (χ1v) is 7.26. The first kappa shape index (κ1) is 14.2. The molecule has 2 aromatic heterocycles. The van der Waals surface area contributed by atoms with Crippen LogP contribution in [0.4, 0.5) is 0 Å². The van der Waals surface area contributed by atoms with E-state index in [1.54, 1.807) is 7.11 Å². The van der Waals surface area contributed by atoms with Crippen LogP contribution in [0.2, 0.25) is 0 Å². The number of nitrogens with zero attached hydrogens (tertiary/aromatic N) is 5.